The van der Waals surface area contributed by atoms with Crippen LogP contribution < -0.4 is 25.8 Å². The predicted octanol–water partition coefficient (Wildman–Crippen LogP) is 0.542. The number of nitrogens with one attached hydrogen (secondary N) is 2. The molecule has 126 valence electrons. The van der Waals surface area contributed by atoms with E-state index >= 15 is 0 Å². The molecule has 1 atom stereocenters. The number of anilines is 1. The molecule has 4 N–H and O–H groups in total. The molecule has 0 fully saturated rings. The van der Waals surface area contributed by atoms with E-state index in [1.165, 1.54) is 6.20 Å². The summed E-state index contributed by atoms with van der Waals surface area (Å²) >= 11 is 0. The zero-order valence-corrected chi connectivity index (χ0v) is 13.1. The maximum Gasteiger partial charge on any atom is 0.254 e. The SMILES string of the molecule is NC(=O)c1cnn2c1NCC(CNCc1cccc3c1OCO3)C2. The number of para-hydroxylation sites is 1. The highest BCUT2D eigenvalue weighted by molar-refractivity contribution is 5.97. The van der Waals surface area contributed by atoms with E-state index in [-0.39, 0.29) is 6.79 Å². The Hall–Kier alpha value is -2.74. The van der Waals surface area contributed by atoms with Gasteiger partial charge in [-0.2, -0.15) is 5.10 Å². The summed E-state index contributed by atoms with van der Waals surface area (Å²) in [6.45, 7) is 3.33. The van der Waals surface area contributed by atoms with Crippen LogP contribution in [0.25, 0.3) is 0 Å². The lowest BCUT2D eigenvalue weighted by atomic mass is 10.1. The highest BCUT2D eigenvalue weighted by atomic mass is 16.7. The lowest BCUT2D eigenvalue weighted by molar-refractivity contribution is 0.100. The van der Waals surface area contributed by atoms with Gasteiger partial charge < -0.3 is 25.8 Å². The standard InChI is InChI=1S/C16H19N5O3/c17-15(22)12-7-20-21-8-10(5-19-16(12)21)4-18-6-11-2-1-3-13-14(11)24-9-23-13/h1-3,7,10,18-19H,4-6,8-9H2,(H2,17,22). The molecule has 0 spiro atoms. The molecule has 8 nitrogen and oxygen atoms in total. The van der Waals surface area contributed by atoms with Gasteiger partial charge in [-0.3, -0.25) is 4.79 Å². The summed E-state index contributed by atoms with van der Waals surface area (Å²) < 4.78 is 12.7. The third kappa shape index (κ3) is 2.65. The summed E-state index contributed by atoms with van der Waals surface area (Å²) in [5.74, 6) is 2.25. The van der Waals surface area contributed by atoms with Crippen LogP contribution in [0.15, 0.2) is 24.4 Å². The molecule has 24 heavy (non-hydrogen) atoms. The van der Waals surface area contributed by atoms with Crippen molar-refractivity contribution in [2.45, 2.75) is 13.1 Å². The van der Waals surface area contributed by atoms with Crippen molar-refractivity contribution in [2.24, 2.45) is 11.7 Å². The Morgan fingerprint density at radius 1 is 1.46 bits per heavy atom. The molecule has 3 heterocycles. The molecule has 8 heteroatoms. The van der Waals surface area contributed by atoms with E-state index in [1.807, 2.05) is 18.2 Å². The average Bonchev–Trinajstić information content (AvgIpc) is 3.21. The number of ether oxygens (including phenoxy) is 2. The van der Waals surface area contributed by atoms with Crippen molar-refractivity contribution in [1.29, 1.82) is 0 Å². The minimum atomic E-state index is -0.458. The van der Waals surface area contributed by atoms with Gasteiger partial charge in [-0.15, -0.1) is 0 Å². The Morgan fingerprint density at radius 2 is 2.38 bits per heavy atom. The number of amides is 1. The lowest BCUT2D eigenvalue weighted by Crippen LogP contribution is -2.35. The minimum Gasteiger partial charge on any atom is -0.454 e. The van der Waals surface area contributed by atoms with Gasteiger partial charge in [0, 0.05) is 37.7 Å². The number of nitrogens with two attached hydrogens (primary N) is 1. The summed E-state index contributed by atoms with van der Waals surface area (Å²) in [5, 5.41) is 10.9. The normalized spacial score (nSPS) is 18.1. The number of nitrogens with zero attached hydrogens (tertiary/aromatic N) is 2. The van der Waals surface area contributed by atoms with Crippen LogP contribution >= 0.6 is 0 Å². The van der Waals surface area contributed by atoms with E-state index < -0.39 is 5.91 Å². The smallest absolute Gasteiger partial charge is 0.254 e. The molecule has 0 saturated heterocycles. The van der Waals surface area contributed by atoms with Gasteiger partial charge in [0.05, 0.1) is 6.20 Å². The summed E-state index contributed by atoms with van der Waals surface area (Å²) in [6, 6.07) is 5.91. The fourth-order valence-electron chi connectivity index (χ4n) is 3.12. The Morgan fingerprint density at radius 3 is 3.25 bits per heavy atom. The molecule has 2 aliphatic rings. The molecule has 0 aliphatic carbocycles. The second-order valence-electron chi connectivity index (χ2n) is 5.98. The fraction of sp³-hybridized carbons (Fsp3) is 0.375. The van der Waals surface area contributed by atoms with Crippen molar-refractivity contribution in [2.75, 3.05) is 25.2 Å². The van der Waals surface area contributed by atoms with Crippen molar-refractivity contribution < 1.29 is 14.3 Å². The largest absolute Gasteiger partial charge is 0.454 e. The number of carbonyl (C=O) groups is 1. The molecule has 1 aromatic heterocycles. The van der Waals surface area contributed by atoms with Gasteiger partial charge in [0.2, 0.25) is 6.79 Å². The lowest BCUT2D eigenvalue weighted by Gasteiger charge is -2.25. The minimum absolute atomic E-state index is 0.281. The number of rotatable bonds is 5. The van der Waals surface area contributed by atoms with Gasteiger partial charge in [-0.1, -0.05) is 12.1 Å². The van der Waals surface area contributed by atoms with Gasteiger partial charge in [0.25, 0.3) is 5.91 Å². The number of fused-ring (bicyclic) bond motifs is 2. The third-order valence-corrected chi connectivity index (χ3v) is 4.32. The maximum atomic E-state index is 11.3. The Labute approximate surface area is 138 Å². The van der Waals surface area contributed by atoms with Crippen molar-refractivity contribution in [3.63, 3.8) is 0 Å². The van der Waals surface area contributed by atoms with Gasteiger partial charge in [-0.05, 0) is 6.07 Å². The first-order valence-electron chi connectivity index (χ1n) is 7.90. The van der Waals surface area contributed by atoms with Crippen molar-refractivity contribution in [3.8, 4) is 11.5 Å². The first-order valence-corrected chi connectivity index (χ1v) is 7.90. The van der Waals surface area contributed by atoms with E-state index in [4.69, 9.17) is 15.2 Å². The van der Waals surface area contributed by atoms with Crippen LogP contribution in [0.1, 0.15) is 15.9 Å². The molecule has 0 radical (unpaired) electrons. The second-order valence-corrected chi connectivity index (χ2v) is 5.98. The summed E-state index contributed by atoms with van der Waals surface area (Å²) in [7, 11) is 0. The number of hydrogen-bond donors (Lipinski definition) is 3. The molecule has 4 rings (SSSR count). The number of benzene rings is 1. The Kier molecular flexibility index (Phi) is 3.73. The van der Waals surface area contributed by atoms with Crippen LogP contribution in [0.3, 0.4) is 0 Å². The van der Waals surface area contributed by atoms with Crippen molar-refractivity contribution in [1.82, 2.24) is 15.1 Å². The fourth-order valence-corrected chi connectivity index (χ4v) is 3.12. The van der Waals surface area contributed by atoms with E-state index in [1.54, 1.807) is 4.68 Å². The first kappa shape index (κ1) is 14.8. The molecular formula is C16H19N5O3. The van der Waals surface area contributed by atoms with Gasteiger partial charge in [-0.25, -0.2) is 4.68 Å². The molecule has 2 aliphatic heterocycles. The molecule has 2 aromatic rings. The molecule has 0 saturated carbocycles. The zero-order valence-electron chi connectivity index (χ0n) is 13.1. The van der Waals surface area contributed by atoms with E-state index in [0.717, 1.165) is 36.7 Å². The Balaban J connectivity index is 1.34. The highest BCUT2D eigenvalue weighted by Crippen LogP contribution is 2.35. The van der Waals surface area contributed by atoms with E-state index in [2.05, 4.69) is 15.7 Å². The summed E-state index contributed by atoms with van der Waals surface area (Å²) in [5.41, 5.74) is 6.87. The molecule has 1 aromatic carbocycles. The molecule has 1 amide bonds. The van der Waals surface area contributed by atoms with Crippen molar-refractivity contribution >= 4 is 11.7 Å². The highest BCUT2D eigenvalue weighted by Gasteiger charge is 2.23. The third-order valence-electron chi connectivity index (χ3n) is 4.32. The van der Waals surface area contributed by atoms with E-state index in [9.17, 15) is 4.79 Å². The Bertz CT molecular complexity index is 773. The monoisotopic (exact) mass is 329 g/mol. The van der Waals surface area contributed by atoms with Crippen LogP contribution in [0.2, 0.25) is 0 Å². The predicted molar refractivity (Wildman–Crippen MR) is 87.0 cm³/mol. The topological polar surface area (TPSA) is 103 Å². The average molecular weight is 329 g/mol. The van der Waals surface area contributed by atoms with Crippen LogP contribution in [-0.2, 0) is 13.1 Å². The van der Waals surface area contributed by atoms with Crippen LogP contribution in [0.4, 0.5) is 5.82 Å². The number of primary amides is 1. The van der Waals surface area contributed by atoms with Crippen molar-refractivity contribution in [3.05, 3.63) is 35.5 Å². The van der Waals surface area contributed by atoms with Crippen LogP contribution in [0.5, 0.6) is 11.5 Å². The number of carbonyl (C=O) groups excluding carboxylic acids is 1. The quantitative estimate of drug-likeness (QED) is 0.740. The first-order chi connectivity index (χ1) is 11.7. The maximum absolute atomic E-state index is 11.3. The van der Waals surface area contributed by atoms with Crippen LogP contribution in [-0.4, -0.2) is 35.6 Å². The molecule has 1 unspecified atom stereocenters. The van der Waals surface area contributed by atoms with Gasteiger partial charge >= 0.3 is 0 Å². The summed E-state index contributed by atoms with van der Waals surface area (Å²) in [6.07, 6.45) is 1.52. The van der Waals surface area contributed by atoms with Crippen LogP contribution in [0, 0.1) is 5.92 Å². The molecule has 0 bridgehead atoms. The van der Waals surface area contributed by atoms with Gasteiger partial charge in [0.15, 0.2) is 11.5 Å². The number of aromatic nitrogens is 2. The van der Waals surface area contributed by atoms with Gasteiger partial charge in [0.1, 0.15) is 11.4 Å². The zero-order chi connectivity index (χ0) is 16.5. The van der Waals surface area contributed by atoms with E-state index in [0.29, 0.717) is 23.8 Å². The summed E-state index contributed by atoms with van der Waals surface area (Å²) in [4.78, 5) is 11.3. The number of hydrogen-bond acceptors (Lipinski definition) is 6. The molecular weight excluding hydrogens is 310 g/mol. The second kappa shape index (κ2) is 6.04.